The van der Waals surface area contributed by atoms with Crippen LogP contribution in [0.15, 0.2) is 18.2 Å². The average Bonchev–Trinajstić information content (AvgIpc) is 2.94. The highest BCUT2D eigenvalue weighted by Crippen LogP contribution is 2.33. The molecule has 2 aliphatic rings. The topological polar surface area (TPSA) is 81.9 Å². The highest BCUT2D eigenvalue weighted by atomic mass is 16.7. The largest absolute Gasteiger partial charge is 0.454 e. The number of benzene rings is 1. The van der Waals surface area contributed by atoms with Gasteiger partial charge in [0, 0.05) is 12.6 Å². The van der Waals surface area contributed by atoms with Crippen LogP contribution in [0.1, 0.15) is 25.3 Å². The Hall–Kier alpha value is -2.24. The molecule has 3 rings (SSSR count). The van der Waals surface area contributed by atoms with Crippen LogP contribution >= 0.6 is 0 Å². The van der Waals surface area contributed by atoms with Crippen LogP contribution in [-0.2, 0) is 16.0 Å². The number of hydrogen-bond acceptors (Lipinski definition) is 4. The lowest BCUT2D eigenvalue weighted by molar-refractivity contribution is -0.136. The molecule has 2 aliphatic heterocycles. The summed E-state index contributed by atoms with van der Waals surface area (Å²) in [5, 5.41) is 0. The minimum atomic E-state index is -0.326. The normalized spacial score (nSPS) is 23.4. The van der Waals surface area contributed by atoms with Gasteiger partial charge in [-0.3, -0.25) is 9.59 Å². The van der Waals surface area contributed by atoms with Crippen molar-refractivity contribution >= 4 is 11.8 Å². The molecular weight excluding hydrogens is 284 g/mol. The Labute approximate surface area is 129 Å². The molecule has 0 spiro atoms. The Morgan fingerprint density at radius 3 is 2.82 bits per heavy atom. The second kappa shape index (κ2) is 5.87. The molecule has 0 aromatic heterocycles. The van der Waals surface area contributed by atoms with E-state index in [2.05, 4.69) is 0 Å². The van der Waals surface area contributed by atoms with Gasteiger partial charge in [-0.15, -0.1) is 0 Å². The van der Waals surface area contributed by atoms with Crippen LogP contribution in [0.5, 0.6) is 11.5 Å². The first-order chi connectivity index (χ1) is 10.5. The zero-order chi connectivity index (χ0) is 15.7. The molecule has 0 aliphatic carbocycles. The molecule has 2 heterocycles. The molecule has 0 unspecified atom stereocenters. The monoisotopic (exact) mass is 304 g/mol. The number of piperidine rings is 1. The zero-order valence-electron chi connectivity index (χ0n) is 12.6. The molecule has 1 saturated heterocycles. The van der Waals surface area contributed by atoms with Crippen molar-refractivity contribution in [3.05, 3.63) is 23.8 Å². The summed E-state index contributed by atoms with van der Waals surface area (Å²) in [6.45, 7) is 2.64. The number of hydrogen-bond donors (Lipinski definition) is 1. The van der Waals surface area contributed by atoms with Crippen molar-refractivity contribution in [2.45, 2.75) is 32.2 Å². The predicted octanol–water partition coefficient (Wildman–Crippen LogP) is 1.07. The Balaban J connectivity index is 1.69. The fourth-order valence-electron chi connectivity index (χ4n) is 3.01. The van der Waals surface area contributed by atoms with Gasteiger partial charge in [-0.25, -0.2) is 0 Å². The number of nitrogens with zero attached hydrogens (tertiary/aromatic N) is 1. The average molecular weight is 304 g/mol. The lowest BCUT2D eigenvalue weighted by atomic mass is 9.92. The molecule has 0 bridgehead atoms. The van der Waals surface area contributed by atoms with Crippen LogP contribution in [0, 0.1) is 5.92 Å². The minimum absolute atomic E-state index is 0.0114. The molecule has 6 heteroatoms. The van der Waals surface area contributed by atoms with Gasteiger partial charge in [0.1, 0.15) is 0 Å². The molecular formula is C16H20N2O4. The van der Waals surface area contributed by atoms with E-state index in [4.69, 9.17) is 15.2 Å². The van der Waals surface area contributed by atoms with Crippen molar-refractivity contribution in [1.82, 2.24) is 4.90 Å². The van der Waals surface area contributed by atoms with Gasteiger partial charge < -0.3 is 20.1 Å². The Morgan fingerprint density at radius 2 is 2.05 bits per heavy atom. The summed E-state index contributed by atoms with van der Waals surface area (Å²) >= 11 is 0. The van der Waals surface area contributed by atoms with Gasteiger partial charge in [-0.2, -0.15) is 0 Å². The minimum Gasteiger partial charge on any atom is -0.454 e. The molecule has 0 saturated carbocycles. The molecule has 22 heavy (non-hydrogen) atoms. The molecule has 1 aromatic rings. The van der Waals surface area contributed by atoms with Crippen molar-refractivity contribution in [1.29, 1.82) is 0 Å². The lowest BCUT2D eigenvalue weighted by Gasteiger charge is -2.37. The van der Waals surface area contributed by atoms with Crippen molar-refractivity contribution in [2.24, 2.45) is 11.7 Å². The summed E-state index contributed by atoms with van der Waals surface area (Å²) in [7, 11) is 0. The SMILES string of the molecule is C[C@@H]1CC[C@H](C(N)=O)CN1C(=O)Cc1ccc2c(c1)OCO2. The summed E-state index contributed by atoms with van der Waals surface area (Å²) < 4.78 is 10.6. The molecule has 118 valence electrons. The van der Waals surface area contributed by atoms with Crippen LogP contribution in [0.2, 0.25) is 0 Å². The third-order valence-corrected chi connectivity index (χ3v) is 4.40. The van der Waals surface area contributed by atoms with Crippen LogP contribution in [0.3, 0.4) is 0 Å². The molecule has 2 atom stereocenters. The summed E-state index contributed by atoms with van der Waals surface area (Å²) in [6, 6.07) is 5.65. The third-order valence-electron chi connectivity index (χ3n) is 4.40. The van der Waals surface area contributed by atoms with Gasteiger partial charge in [-0.1, -0.05) is 6.07 Å². The first-order valence-electron chi connectivity index (χ1n) is 7.52. The number of ether oxygens (including phenoxy) is 2. The maximum atomic E-state index is 12.5. The van der Waals surface area contributed by atoms with Gasteiger partial charge in [0.2, 0.25) is 18.6 Å². The van der Waals surface area contributed by atoms with Crippen LogP contribution in [-0.4, -0.2) is 36.1 Å². The number of primary amides is 1. The van der Waals surface area contributed by atoms with Crippen molar-refractivity contribution < 1.29 is 19.1 Å². The van der Waals surface area contributed by atoms with E-state index in [1.54, 1.807) is 4.90 Å². The fraction of sp³-hybridized carbons (Fsp3) is 0.500. The Morgan fingerprint density at radius 1 is 1.27 bits per heavy atom. The van der Waals surface area contributed by atoms with Crippen LogP contribution in [0.4, 0.5) is 0 Å². The van der Waals surface area contributed by atoms with Gasteiger partial charge in [0.05, 0.1) is 12.3 Å². The summed E-state index contributed by atoms with van der Waals surface area (Å²) in [5.41, 5.74) is 6.26. The van der Waals surface area contributed by atoms with Gasteiger partial charge in [0.25, 0.3) is 0 Å². The summed E-state index contributed by atoms with van der Waals surface area (Å²) in [5.74, 6) is 0.824. The number of likely N-dealkylation sites (tertiary alicyclic amines) is 1. The maximum absolute atomic E-state index is 12.5. The molecule has 2 N–H and O–H groups in total. The van der Waals surface area contributed by atoms with E-state index in [0.29, 0.717) is 18.0 Å². The van der Waals surface area contributed by atoms with Gasteiger partial charge in [-0.05, 0) is 37.5 Å². The Bertz CT molecular complexity index is 602. The maximum Gasteiger partial charge on any atom is 0.231 e. The highest BCUT2D eigenvalue weighted by Gasteiger charge is 2.31. The van der Waals surface area contributed by atoms with E-state index >= 15 is 0 Å². The first kappa shape index (κ1) is 14.7. The second-order valence-electron chi connectivity index (χ2n) is 5.94. The number of amides is 2. The van der Waals surface area contributed by atoms with E-state index in [0.717, 1.165) is 18.4 Å². The standard InChI is InChI=1S/C16H20N2O4/c1-10-2-4-12(16(17)20)8-18(10)15(19)7-11-3-5-13-14(6-11)22-9-21-13/h3,5-6,10,12H,2,4,7-9H2,1H3,(H2,17,20)/t10-,12+/m1/s1. The number of rotatable bonds is 3. The van der Waals surface area contributed by atoms with Crippen LogP contribution < -0.4 is 15.2 Å². The predicted molar refractivity (Wildman–Crippen MR) is 79.4 cm³/mol. The zero-order valence-corrected chi connectivity index (χ0v) is 12.6. The van der Waals surface area contributed by atoms with Gasteiger partial charge >= 0.3 is 0 Å². The molecule has 6 nitrogen and oxygen atoms in total. The van der Waals surface area contributed by atoms with Crippen molar-refractivity contribution in [2.75, 3.05) is 13.3 Å². The van der Waals surface area contributed by atoms with E-state index in [9.17, 15) is 9.59 Å². The quantitative estimate of drug-likeness (QED) is 0.905. The second-order valence-corrected chi connectivity index (χ2v) is 5.94. The van der Waals surface area contributed by atoms with Crippen LogP contribution in [0.25, 0.3) is 0 Å². The molecule has 2 amide bonds. The third kappa shape index (κ3) is 2.86. The number of carbonyl (C=O) groups excluding carboxylic acids is 2. The van der Waals surface area contributed by atoms with Gasteiger partial charge in [0.15, 0.2) is 11.5 Å². The number of nitrogens with two attached hydrogens (primary N) is 1. The molecule has 1 fully saturated rings. The smallest absolute Gasteiger partial charge is 0.231 e. The first-order valence-corrected chi connectivity index (χ1v) is 7.52. The highest BCUT2D eigenvalue weighted by molar-refractivity contribution is 5.82. The molecule has 1 aromatic carbocycles. The summed E-state index contributed by atoms with van der Waals surface area (Å²) in [4.78, 5) is 25.7. The number of carbonyl (C=O) groups is 2. The van der Waals surface area contributed by atoms with E-state index < -0.39 is 0 Å². The van der Waals surface area contributed by atoms with Crippen molar-refractivity contribution in [3.8, 4) is 11.5 Å². The van der Waals surface area contributed by atoms with E-state index in [1.165, 1.54) is 0 Å². The van der Waals surface area contributed by atoms with E-state index in [-0.39, 0.29) is 37.0 Å². The Kier molecular flexibility index (Phi) is 3.92. The fourth-order valence-corrected chi connectivity index (χ4v) is 3.01. The number of fused-ring (bicyclic) bond motifs is 1. The lowest BCUT2D eigenvalue weighted by Crippen LogP contribution is -2.49. The van der Waals surface area contributed by atoms with Crippen molar-refractivity contribution in [3.63, 3.8) is 0 Å². The van der Waals surface area contributed by atoms with E-state index in [1.807, 2.05) is 25.1 Å². The summed E-state index contributed by atoms with van der Waals surface area (Å²) in [6.07, 6.45) is 1.84. The molecule has 0 radical (unpaired) electrons.